The summed E-state index contributed by atoms with van der Waals surface area (Å²) in [6, 6.07) is 0. The number of aryl methyl sites for hydroxylation is 1. The number of halogens is 2. The lowest BCUT2D eigenvalue weighted by atomic mass is 10.3. The molecule has 0 unspecified atom stereocenters. The van der Waals surface area contributed by atoms with Crippen LogP contribution >= 0.6 is 38.9 Å². The summed E-state index contributed by atoms with van der Waals surface area (Å²) in [5.41, 5.74) is 1.08. The minimum absolute atomic E-state index is 0.621. The molecule has 0 radical (unpaired) electrons. The van der Waals surface area contributed by atoms with Gasteiger partial charge in [-0.25, -0.2) is 4.98 Å². The van der Waals surface area contributed by atoms with Crippen LogP contribution in [-0.4, -0.2) is 4.98 Å². The van der Waals surface area contributed by atoms with E-state index in [1.54, 1.807) is 0 Å². The number of thiazole rings is 1. The summed E-state index contributed by atoms with van der Waals surface area (Å²) in [7, 11) is 0. The van der Waals surface area contributed by atoms with Crippen LogP contribution in [0.4, 0.5) is 0 Å². The summed E-state index contributed by atoms with van der Waals surface area (Å²) in [5.74, 6) is 0. The molecule has 0 aromatic carbocycles. The van der Waals surface area contributed by atoms with E-state index in [1.165, 1.54) is 11.3 Å². The number of hydrogen-bond donors (Lipinski definition) is 0. The van der Waals surface area contributed by atoms with E-state index in [0.29, 0.717) is 4.47 Å². The fraction of sp³-hybridized carbons (Fsp3) is 0.500. The van der Waals surface area contributed by atoms with Crippen molar-refractivity contribution in [1.29, 1.82) is 0 Å². The van der Waals surface area contributed by atoms with Gasteiger partial charge in [-0.1, -0.05) is 36.3 Å². The first-order chi connectivity index (χ1) is 4.74. The predicted octanol–water partition coefficient (Wildman–Crippen LogP) is 3.51. The van der Waals surface area contributed by atoms with Crippen LogP contribution in [-0.2, 0) is 6.42 Å². The maximum absolute atomic E-state index is 5.68. The first-order valence-electron chi connectivity index (χ1n) is 3.04. The van der Waals surface area contributed by atoms with Gasteiger partial charge in [-0.15, -0.1) is 0 Å². The molecule has 0 aliphatic rings. The SMILES string of the molecule is CCCc1nc(Cl)sc1Br. The van der Waals surface area contributed by atoms with Crippen molar-refractivity contribution in [2.45, 2.75) is 19.8 Å². The number of nitrogens with zero attached hydrogens (tertiary/aromatic N) is 1. The molecule has 56 valence electrons. The fourth-order valence-corrected chi connectivity index (χ4v) is 2.63. The molecule has 0 aliphatic heterocycles. The van der Waals surface area contributed by atoms with Gasteiger partial charge < -0.3 is 0 Å². The highest BCUT2D eigenvalue weighted by Gasteiger charge is 2.04. The first-order valence-corrected chi connectivity index (χ1v) is 5.03. The van der Waals surface area contributed by atoms with Crippen LogP contribution in [0.2, 0.25) is 4.47 Å². The van der Waals surface area contributed by atoms with Crippen LogP contribution in [0.15, 0.2) is 3.79 Å². The molecule has 0 amide bonds. The Morgan fingerprint density at radius 3 is 2.80 bits per heavy atom. The van der Waals surface area contributed by atoms with Crippen LogP contribution < -0.4 is 0 Å². The zero-order valence-electron chi connectivity index (χ0n) is 5.53. The lowest BCUT2D eigenvalue weighted by molar-refractivity contribution is 0.888. The summed E-state index contributed by atoms with van der Waals surface area (Å²) in [6.07, 6.45) is 2.11. The number of rotatable bonds is 2. The predicted molar refractivity (Wildman–Crippen MR) is 48.8 cm³/mol. The quantitative estimate of drug-likeness (QED) is 0.771. The molecule has 0 saturated heterocycles. The van der Waals surface area contributed by atoms with Crippen LogP contribution in [0.5, 0.6) is 0 Å². The molecule has 1 rings (SSSR count). The molecule has 1 heterocycles. The second kappa shape index (κ2) is 3.69. The van der Waals surface area contributed by atoms with Gasteiger partial charge in [-0.3, -0.25) is 0 Å². The molecule has 4 heteroatoms. The summed E-state index contributed by atoms with van der Waals surface area (Å²) in [5, 5.41) is 0. The Hall–Kier alpha value is 0.400. The van der Waals surface area contributed by atoms with E-state index in [2.05, 4.69) is 27.8 Å². The Morgan fingerprint density at radius 1 is 1.70 bits per heavy atom. The molecule has 10 heavy (non-hydrogen) atoms. The van der Waals surface area contributed by atoms with Crippen molar-refractivity contribution in [1.82, 2.24) is 4.98 Å². The van der Waals surface area contributed by atoms with Gasteiger partial charge in [0, 0.05) is 0 Å². The lowest BCUT2D eigenvalue weighted by Gasteiger charge is -1.89. The van der Waals surface area contributed by atoms with Gasteiger partial charge in [0.1, 0.15) is 0 Å². The van der Waals surface area contributed by atoms with Gasteiger partial charge in [0.15, 0.2) is 4.47 Å². The monoisotopic (exact) mass is 239 g/mol. The first kappa shape index (κ1) is 8.50. The Labute approximate surface area is 77.6 Å². The van der Waals surface area contributed by atoms with Gasteiger partial charge in [-0.05, 0) is 22.4 Å². The third kappa shape index (κ3) is 1.94. The van der Waals surface area contributed by atoms with Crippen molar-refractivity contribution in [2.24, 2.45) is 0 Å². The third-order valence-electron chi connectivity index (χ3n) is 1.11. The van der Waals surface area contributed by atoms with Gasteiger partial charge in [-0.2, -0.15) is 0 Å². The van der Waals surface area contributed by atoms with E-state index in [-0.39, 0.29) is 0 Å². The summed E-state index contributed by atoms with van der Waals surface area (Å²) in [6.45, 7) is 2.12. The number of hydrogen-bond acceptors (Lipinski definition) is 2. The van der Waals surface area contributed by atoms with E-state index in [0.717, 1.165) is 22.3 Å². The van der Waals surface area contributed by atoms with Crippen LogP contribution in [0, 0.1) is 0 Å². The second-order valence-corrected chi connectivity index (χ2v) is 4.84. The summed E-state index contributed by atoms with van der Waals surface area (Å²) in [4.78, 5) is 4.14. The molecule has 0 atom stereocenters. The maximum Gasteiger partial charge on any atom is 0.184 e. The van der Waals surface area contributed by atoms with Gasteiger partial charge >= 0.3 is 0 Å². The Kier molecular flexibility index (Phi) is 3.14. The van der Waals surface area contributed by atoms with Crippen LogP contribution in [0.1, 0.15) is 19.0 Å². The van der Waals surface area contributed by atoms with E-state index in [4.69, 9.17) is 11.6 Å². The third-order valence-corrected chi connectivity index (χ3v) is 3.04. The van der Waals surface area contributed by atoms with E-state index in [9.17, 15) is 0 Å². The molecule has 1 aromatic rings. The number of aromatic nitrogens is 1. The zero-order valence-corrected chi connectivity index (χ0v) is 8.68. The van der Waals surface area contributed by atoms with Crippen molar-refractivity contribution in [3.8, 4) is 0 Å². The molecule has 0 saturated carbocycles. The minimum Gasteiger partial charge on any atom is -0.229 e. The summed E-state index contributed by atoms with van der Waals surface area (Å²) < 4.78 is 1.69. The molecule has 1 aromatic heterocycles. The van der Waals surface area contributed by atoms with Crippen molar-refractivity contribution in [2.75, 3.05) is 0 Å². The van der Waals surface area contributed by atoms with Crippen LogP contribution in [0.3, 0.4) is 0 Å². The highest BCUT2D eigenvalue weighted by molar-refractivity contribution is 9.11. The average molecular weight is 241 g/mol. The topological polar surface area (TPSA) is 12.9 Å². The van der Waals surface area contributed by atoms with E-state index in [1.807, 2.05) is 0 Å². The smallest absolute Gasteiger partial charge is 0.184 e. The molecule has 0 aliphatic carbocycles. The normalized spacial score (nSPS) is 10.3. The van der Waals surface area contributed by atoms with E-state index >= 15 is 0 Å². The van der Waals surface area contributed by atoms with Crippen molar-refractivity contribution >= 4 is 38.9 Å². The molecule has 0 spiro atoms. The van der Waals surface area contributed by atoms with E-state index < -0.39 is 0 Å². The minimum atomic E-state index is 0.621. The largest absolute Gasteiger partial charge is 0.229 e. The molecule has 0 fully saturated rings. The van der Waals surface area contributed by atoms with Gasteiger partial charge in [0.05, 0.1) is 9.48 Å². The highest BCUT2D eigenvalue weighted by atomic mass is 79.9. The maximum atomic E-state index is 5.68. The van der Waals surface area contributed by atoms with Gasteiger partial charge in [0.2, 0.25) is 0 Å². The summed E-state index contributed by atoms with van der Waals surface area (Å²) >= 11 is 10.5. The Balaban J connectivity index is 2.81. The zero-order chi connectivity index (χ0) is 7.56. The molecule has 0 bridgehead atoms. The Bertz CT molecular complexity index is 224. The fourth-order valence-electron chi connectivity index (χ4n) is 0.697. The molecular formula is C6H7BrClNS. The average Bonchev–Trinajstić information content (AvgIpc) is 2.13. The van der Waals surface area contributed by atoms with Gasteiger partial charge in [0.25, 0.3) is 0 Å². The van der Waals surface area contributed by atoms with Crippen molar-refractivity contribution < 1.29 is 0 Å². The van der Waals surface area contributed by atoms with Crippen molar-refractivity contribution in [3.63, 3.8) is 0 Å². The molecule has 0 N–H and O–H groups in total. The van der Waals surface area contributed by atoms with Crippen molar-refractivity contribution in [3.05, 3.63) is 13.9 Å². The standard InChI is InChI=1S/C6H7BrClNS/c1-2-3-4-5(7)10-6(8)9-4/h2-3H2,1H3. The highest BCUT2D eigenvalue weighted by Crippen LogP contribution is 2.28. The second-order valence-electron chi connectivity index (χ2n) is 1.94. The lowest BCUT2D eigenvalue weighted by Crippen LogP contribution is -1.82. The molecule has 1 nitrogen and oxygen atoms in total. The molecular weight excluding hydrogens is 233 g/mol. The van der Waals surface area contributed by atoms with Crippen LogP contribution in [0.25, 0.3) is 0 Å². The Morgan fingerprint density at radius 2 is 2.40 bits per heavy atom.